The Morgan fingerprint density at radius 1 is 1.54 bits per heavy atom. The summed E-state index contributed by atoms with van der Waals surface area (Å²) in [6, 6.07) is 2.64. The molecule has 1 heterocycles. The zero-order valence-electron chi connectivity index (χ0n) is 8.14. The number of rotatable bonds is 5. The molecule has 13 heavy (non-hydrogen) atoms. The molecular weight excluding hydrogens is 246 g/mol. The minimum atomic E-state index is 0.523. The quantitative estimate of drug-likeness (QED) is 0.846. The van der Waals surface area contributed by atoms with Gasteiger partial charge in [0.1, 0.15) is 0 Å². The summed E-state index contributed by atoms with van der Waals surface area (Å²) in [5.74, 6) is 0. The van der Waals surface area contributed by atoms with Crippen LogP contribution >= 0.6 is 27.3 Å². The molecule has 0 bridgehead atoms. The van der Waals surface area contributed by atoms with Gasteiger partial charge in [0.2, 0.25) is 0 Å². The molecule has 1 nitrogen and oxygen atoms in total. The monoisotopic (exact) mass is 261 g/mol. The first-order valence-corrected chi connectivity index (χ1v) is 6.43. The van der Waals surface area contributed by atoms with Crippen LogP contribution < -0.4 is 5.32 Å². The molecule has 1 N–H and O–H groups in total. The molecule has 0 fully saturated rings. The average Bonchev–Trinajstić information content (AvgIpc) is 2.54. The predicted octanol–water partition coefficient (Wildman–Crippen LogP) is 3.96. The topological polar surface area (TPSA) is 12.0 Å². The lowest BCUT2D eigenvalue weighted by molar-refractivity contribution is 0.524. The highest BCUT2D eigenvalue weighted by Gasteiger charge is 2.12. The van der Waals surface area contributed by atoms with Crippen LogP contribution in [0.4, 0.5) is 0 Å². The smallest absolute Gasteiger partial charge is 0.0423 e. The van der Waals surface area contributed by atoms with Gasteiger partial charge in [-0.15, -0.1) is 11.3 Å². The van der Waals surface area contributed by atoms with Gasteiger partial charge >= 0.3 is 0 Å². The van der Waals surface area contributed by atoms with Gasteiger partial charge < -0.3 is 5.32 Å². The maximum absolute atomic E-state index is 3.57. The van der Waals surface area contributed by atoms with E-state index in [-0.39, 0.29) is 0 Å². The molecule has 0 saturated heterocycles. The second-order valence-electron chi connectivity index (χ2n) is 3.05. The lowest BCUT2D eigenvalue weighted by Crippen LogP contribution is -2.20. The van der Waals surface area contributed by atoms with Crippen LogP contribution in [0.1, 0.15) is 37.6 Å². The minimum Gasteiger partial charge on any atom is -0.309 e. The molecule has 1 aromatic rings. The Morgan fingerprint density at radius 3 is 2.77 bits per heavy atom. The third kappa shape index (κ3) is 3.08. The van der Waals surface area contributed by atoms with E-state index in [0.717, 1.165) is 13.0 Å². The molecule has 1 atom stereocenters. The van der Waals surface area contributed by atoms with E-state index in [4.69, 9.17) is 0 Å². The molecule has 0 radical (unpaired) electrons. The maximum Gasteiger partial charge on any atom is 0.0423 e. The highest BCUT2D eigenvalue weighted by Crippen LogP contribution is 2.30. The fraction of sp³-hybridized carbons (Fsp3) is 0.600. The van der Waals surface area contributed by atoms with Gasteiger partial charge in [0.15, 0.2) is 0 Å². The third-order valence-corrected chi connectivity index (χ3v) is 3.99. The molecule has 0 aliphatic carbocycles. The van der Waals surface area contributed by atoms with E-state index in [1.807, 2.05) is 11.3 Å². The number of nitrogens with one attached hydrogen (secondary N) is 1. The summed E-state index contributed by atoms with van der Waals surface area (Å²) in [6.07, 6.45) is 2.35. The minimum absolute atomic E-state index is 0.523. The van der Waals surface area contributed by atoms with Gasteiger partial charge in [-0.05, 0) is 46.8 Å². The molecule has 0 aliphatic heterocycles. The normalized spacial score (nSPS) is 13.2. The van der Waals surface area contributed by atoms with Gasteiger partial charge in [0, 0.05) is 15.4 Å². The molecule has 0 saturated carbocycles. The Kier molecular flexibility index (Phi) is 4.99. The highest BCUT2D eigenvalue weighted by molar-refractivity contribution is 9.10. The lowest BCUT2D eigenvalue weighted by atomic mass is 10.2. The Morgan fingerprint density at radius 2 is 2.31 bits per heavy atom. The highest BCUT2D eigenvalue weighted by atomic mass is 79.9. The molecule has 0 aromatic carbocycles. The zero-order chi connectivity index (χ0) is 9.68. The average molecular weight is 262 g/mol. The number of hydrogen-bond acceptors (Lipinski definition) is 2. The molecular formula is C10H16BrNS. The summed E-state index contributed by atoms with van der Waals surface area (Å²) in [6.45, 7) is 5.52. The van der Waals surface area contributed by atoms with Crippen LogP contribution in [-0.2, 0) is 0 Å². The second kappa shape index (κ2) is 5.78. The van der Waals surface area contributed by atoms with E-state index in [1.165, 1.54) is 15.8 Å². The maximum atomic E-state index is 3.57. The van der Waals surface area contributed by atoms with Crippen LogP contribution in [0.3, 0.4) is 0 Å². The molecule has 3 heteroatoms. The van der Waals surface area contributed by atoms with Crippen molar-refractivity contribution in [1.29, 1.82) is 0 Å². The molecule has 1 rings (SSSR count). The van der Waals surface area contributed by atoms with Gasteiger partial charge in [-0.25, -0.2) is 0 Å². The van der Waals surface area contributed by atoms with Crippen LogP contribution in [-0.4, -0.2) is 6.54 Å². The van der Waals surface area contributed by atoms with Crippen molar-refractivity contribution >= 4 is 27.3 Å². The van der Waals surface area contributed by atoms with Crippen LogP contribution in [0.25, 0.3) is 0 Å². The third-order valence-electron chi connectivity index (χ3n) is 2.01. The molecule has 0 spiro atoms. The van der Waals surface area contributed by atoms with Gasteiger partial charge in [0.25, 0.3) is 0 Å². The van der Waals surface area contributed by atoms with E-state index >= 15 is 0 Å². The van der Waals surface area contributed by atoms with Crippen molar-refractivity contribution in [2.24, 2.45) is 0 Å². The summed E-state index contributed by atoms with van der Waals surface area (Å²) < 4.78 is 1.24. The number of halogens is 1. The van der Waals surface area contributed by atoms with Gasteiger partial charge in [-0.2, -0.15) is 0 Å². The van der Waals surface area contributed by atoms with Crippen molar-refractivity contribution in [1.82, 2.24) is 5.32 Å². The predicted molar refractivity (Wildman–Crippen MR) is 63.3 cm³/mol. The van der Waals surface area contributed by atoms with E-state index in [0.29, 0.717) is 6.04 Å². The van der Waals surface area contributed by atoms with Crippen molar-refractivity contribution in [3.63, 3.8) is 0 Å². The van der Waals surface area contributed by atoms with Crippen LogP contribution in [0.15, 0.2) is 15.9 Å². The van der Waals surface area contributed by atoms with Gasteiger partial charge in [0.05, 0.1) is 0 Å². The summed E-state index contributed by atoms with van der Waals surface area (Å²) in [5, 5.41) is 5.68. The number of hydrogen-bond donors (Lipinski definition) is 1. The Bertz CT molecular complexity index is 247. The molecule has 1 unspecified atom stereocenters. The van der Waals surface area contributed by atoms with Gasteiger partial charge in [-0.1, -0.05) is 13.8 Å². The van der Waals surface area contributed by atoms with Crippen LogP contribution in [0.2, 0.25) is 0 Å². The van der Waals surface area contributed by atoms with Crippen molar-refractivity contribution < 1.29 is 0 Å². The van der Waals surface area contributed by atoms with Crippen LogP contribution in [0, 0.1) is 0 Å². The molecule has 0 amide bonds. The Labute approximate surface area is 92.7 Å². The van der Waals surface area contributed by atoms with E-state index in [9.17, 15) is 0 Å². The fourth-order valence-corrected chi connectivity index (χ4v) is 3.10. The Hall–Kier alpha value is 0.140. The summed E-state index contributed by atoms with van der Waals surface area (Å²) in [5.41, 5.74) is 0. The van der Waals surface area contributed by atoms with E-state index < -0.39 is 0 Å². The summed E-state index contributed by atoms with van der Waals surface area (Å²) in [4.78, 5) is 1.43. The largest absolute Gasteiger partial charge is 0.309 e. The molecule has 0 aliphatic rings. The number of thiophene rings is 1. The van der Waals surface area contributed by atoms with Crippen molar-refractivity contribution in [2.45, 2.75) is 32.7 Å². The summed E-state index contributed by atoms with van der Waals surface area (Å²) >= 11 is 5.39. The molecule has 74 valence electrons. The van der Waals surface area contributed by atoms with E-state index in [2.05, 4.69) is 46.5 Å². The molecule has 1 aromatic heterocycles. The van der Waals surface area contributed by atoms with Crippen molar-refractivity contribution in [3.05, 3.63) is 20.8 Å². The van der Waals surface area contributed by atoms with Crippen molar-refractivity contribution in [3.8, 4) is 0 Å². The first-order valence-electron chi connectivity index (χ1n) is 4.75. The zero-order valence-corrected chi connectivity index (χ0v) is 10.5. The first-order chi connectivity index (χ1) is 6.29. The lowest BCUT2D eigenvalue weighted by Gasteiger charge is -2.15. The van der Waals surface area contributed by atoms with Gasteiger partial charge in [-0.3, -0.25) is 0 Å². The Balaban J connectivity index is 2.61. The van der Waals surface area contributed by atoms with E-state index in [1.54, 1.807) is 0 Å². The first kappa shape index (κ1) is 11.2. The standard InChI is InChI=1S/C10H16BrNS/c1-3-6-12-9(4-2)10-8(11)5-7-13-10/h5,7,9,12H,3-4,6H2,1-2H3. The second-order valence-corrected chi connectivity index (χ2v) is 4.85. The van der Waals surface area contributed by atoms with Crippen LogP contribution in [0.5, 0.6) is 0 Å². The SMILES string of the molecule is CCCNC(CC)c1sccc1Br. The fourth-order valence-electron chi connectivity index (χ4n) is 1.30. The summed E-state index contributed by atoms with van der Waals surface area (Å²) in [7, 11) is 0. The van der Waals surface area contributed by atoms with Crippen molar-refractivity contribution in [2.75, 3.05) is 6.54 Å².